The van der Waals surface area contributed by atoms with Crippen molar-refractivity contribution in [2.24, 2.45) is 0 Å². The summed E-state index contributed by atoms with van der Waals surface area (Å²) in [4.78, 5) is 38.4. The van der Waals surface area contributed by atoms with Crippen LogP contribution in [-0.4, -0.2) is 37.2 Å². The average molecular weight is 1100 g/mol. The summed E-state index contributed by atoms with van der Waals surface area (Å²) in [5, 5.41) is 0. The predicted molar refractivity (Wildman–Crippen MR) is 344 cm³/mol. The van der Waals surface area contributed by atoms with Crippen LogP contribution in [0.1, 0.15) is 329 Å². The molecule has 0 radical (unpaired) electrons. The van der Waals surface area contributed by atoms with E-state index >= 15 is 0 Å². The molecule has 0 N–H and O–H groups in total. The molecule has 6 heteroatoms. The van der Waals surface area contributed by atoms with Crippen molar-refractivity contribution in [2.75, 3.05) is 13.2 Å². The maximum Gasteiger partial charge on any atom is 0.306 e. The zero-order valence-corrected chi connectivity index (χ0v) is 52.1. The predicted octanol–water partition coefficient (Wildman–Crippen LogP) is 23.2. The second-order valence-corrected chi connectivity index (χ2v) is 22.4. The molecule has 0 bridgehead atoms. The van der Waals surface area contributed by atoms with Crippen molar-refractivity contribution in [3.8, 4) is 0 Å². The van der Waals surface area contributed by atoms with E-state index in [9.17, 15) is 14.4 Å². The van der Waals surface area contributed by atoms with Crippen LogP contribution in [0.25, 0.3) is 0 Å². The Morgan fingerprint density at radius 1 is 0.266 bits per heavy atom. The van der Waals surface area contributed by atoms with E-state index in [1.165, 1.54) is 167 Å². The SMILES string of the molecule is CC/C=C\C/C=C\C/C=C\C/C=C\C/C=C\C/C=C\CCCCCCCCCCC(=O)OCC(COC(=O)CCCCCCC/C=C\C/C=C\CCCC)OC(=O)CCCCCCCCCCCCCCCCCCCCCC. The van der Waals surface area contributed by atoms with Crippen LogP contribution in [0.2, 0.25) is 0 Å². The molecule has 79 heavy (non-hydrogen) atoms. The van der Waals surface area contributed by atoms with E-state index in [2.05, 4.69) is 118 Å². The Hall–Kier alpha value is -3.67. The van der Waals surface area contributed by atoms with Crippen LogP contribution in [0, 0.1) is 0 Å². The molecule has 1 atom stereocenters. The monoisotopic (exact) mass is 1100 g/mol. The molecule has 0 heterocycles. The van der Waals surface area contributed by atoms with Gasteiger partial charge in [0.25, 0.3) is 0 Å². The van der Waals surface area contributed by atoms with E-state index in [1.54, 1.807) is 0 Å². The zero-order chi connectivity index (χ0) is 57.1. The minimum Gasteiger partial charge on any atom is -0.462 e. The molecule has 0 saturated carbocycles. The molecule has 1 unspecified atom stereocenters. The fourth-order valence-corrected chi connectivity index (χ4v) is 9.52. The van der Waals surface area contributed by atoms with Crippen molar-refractivity contribution < 1.29 is 28.6 Å². The summed E-state index contributed by atoms with van der Waals surface area (Å²) in [5.41, 5.74) is 0. The van der Waals surface area contributed by atoms with E-state index in [-0.39, 0.29) is 31.1 Å². The van der Waals surface area contributed by atoms with Crippen molar-refractivity contribution in [2.45, 2.75) is 335 Å². The molecular formula is C73H126O6. The second kappa shape index (κ2) is 66.8. The van der Waals surface area contributed by atoms with Crippen molar-refractivity contribution in [1.82, 2.24) is 0 Å². The van der Waals surface area contributed by atoms with Gasteiger partial charge in [0, 0.05) is 19.3 Å². The lowest BCUT2D eigenvalue weighted by Crippen LogP contribution is -2.30. The van der Waals surface area contributed by atoms with Gasteiger partial charge < -0.3 is 14.2 Å². The molecule has 0 fully saturated rings. The zero-order valence-electron chi connectivity index (χ0n) is 52.1. The van der Waals surface area contributed by atoms with Crippen molar-refractivity contribution in [3.05, 3.63) is 97.2 Å². The number of carbonyl (C=O) groups is 3. The van der Waals surface area contributed by atoms with Gasteiger partial charge in [0.2, 0.25) is 0 Å². The molecule has 0 aliphatic rings. The Morgan fingerprint density at radius 2 is 0.506 bits per heavy atom. The summed E-state index contributed by atoms with van der Waals surface area (Å²) in [6, 6.07) is 0. The molecule has 0 aromatic heterocycles. The van der Waals surface area contributed by atoms with E-state index in [0.717, 1.165) is 122 Å². The lowest BCUT2D eigenvalue weighted by atomic mass is 10.0. The molecule has 0 aromatic carbocycles. The molecule has 0 amide bonds. The maximum absolute atomic E-state index is 12.9. The minimum atomic E-state index is -0.787. The number of allylic oxidation sites excluding steroid dienone is 16. The summed E-state index contributed by atoms with van der Waals surface area (Å²) in [5.74, 6) is -0.890. The fraction of sp³-hybridized carbons (Fsp3) is 0.740. The van der Waals surface area contributed by atoms with Gasteiger partial charge in [-0.25, -0.2) is 0 Å². The van der Waals surface area contributed by atoms with Gasteiger partial charge >= 0.3 is 17.9 Å². The third-order valence-corrected chi connectivity index (χ3v) is 14.6. The molecule has 0 saturated heterocycles. The third kappa shape index (κ3) is 65.0. The number of rotatable bonds is 61. The first-order chi connectivity index (χ1) is 39.0. The van der Waals surface area contributed by atoms with Crippen LogP contribution in [0.15, 0.2) is 97.2 Å². The fourth-order valence-electron chi connectivity index (χ4n) is 9.52. The molecule has 454 valence electrons. The lowest BCUT2D eigenvalue weighted by molar-refractivity contribution is -0.167. The Bertz CT molecular complexity index is 1540. The first kappa shape index (κ1) is 75.3. The second-order valence-electron chi connectivity index (χ2n) is 22.4. The van der Waals surface area contributed by atoms with Gasteiger partial charge in [-0.3, -0.25) is 14.4 Å². The van der Waals surface area contributed by atoms with Crippen LogP contribution in [0.4, 0.5) is 0 Å². The topological polar surface area (TPSA) is 78.9 Å². The number of ether oxygens (including phenoxy) is 3. The highest BCUT2D eigenvalue weighted by Crippen LogP contribution is 2.17. The maximum atomic E-state index is 12.9. The summed E-state index contributed by atoms with van der Waals surface area (Å²) >= 11 is 0. The molecule has 0 aliphatic carbocycles. The van der Waals surface area contributed by atoms with E-state index < -0.39 is 6.10 Å². The molecule has 0 spiro atoms. The lowest BCUT2D eigenvalue weighted by Gasteiger charge is -2.18. The summed E-state index contributed by atoms with van der Waals surface area (Å²) < 4.78 is 17.0. The standard InChI is InChI=1S/C73H126O6/c1-4-7-10-13-16-19-22-25-28-30-32-34-35-36-37-38-39-40-42-43-45-48-51-54-57-60-63-66-72(75)78-69-70(68-77-71(74)65-62-59-56-53-50-47-27-24-21-18-15-12-9-6-3)79-73(76)67-64-61-58-55-52-49-46-44-41-33-31-29-26-23-20-17-14-11-8-5-2/h7,10,15-16,18-19,24-25,27-28,32,34,36-37,39-40,70H,4-6,8-9,11-14,17,20-23,26,29-31,33,35,38,41-69H2,1-3H3/b10-7-,18-15-,19-16-,27-24-,28-25-,34-32-,37-36-,40-39-. The van der Waals surface area contributed by atoms with Gasteiger partial charge in [-0.15, -0.1) is 0 Å². The highest BCUT2D eigenvalue weighted by molar-refractivity contribution is 5.71. The summed E-state index contributed by atoms with van der Waals surface area (Å²) in [7, 11) is 0. The van der Waals surface area contributed by atoms with Crippen LogP contribution in [0.5, 0.6) is 0 Å². The first-order valence-corrected chi connectivity index (χ1v) is 33.7. The normalized spacial score (nSPS) is 12.7. The Morgan fingerprint density at radius 3 is 0.810 bits per heavy atom. The highest BCUT2D eigenvalue weighted by atomic mass is 16.6. The largest absolute Gasteiger partial charge is 0.462 e. The van der Waals surface area contributed by atoms with Gasteiger partial charge in [-0.05, 0) is 96.3 Å². The van der Waals surface area contributed by atoms with Crippen molar-refractivity contribution in [1.29, 1.82) is 0 Å². The van der Waals surface area contributed by atoms with Gasteiger partial charge in [0.15, 0.2) is 6.10 Å². The average Bonchev–Trinajstić information content (AvgIpc) is 3.45. The van der Waals surface area contributed by atoms with Gasteiger partial charge in [0.1, 0.15) is 13.2 Å². The van der Waals surface area contributed by atoms with Crippen LogP contribution < -0.4 is 0 Å². The number of carbonyl (C=O) groups excluding carboxylic acids is 3. The highest BCUT2D eigenvalue weighted by Gasteiger charge is 2.19. The van der Waals surface area contributed by atoms with Crippen LogP contribution in [0.3, 0.4) is 0 Å². The van der Waals surface area contributed by atoms with Gasteiger partial charge in [-0.1, -0.05) is 311 Å². The number of unbranched alkanes of at least 4 members (excludes halogenated alkanes) is 34. The van der Waals surface area contributed by atoms with E-state index in [4.69, 9.17) is 14.2 Å². The third-order valence-electron chi connectivity index (χ3n) is 14.6. The van der Waals surface area contributed by atoms with E-state index in [0.29, 0.717) is 19.3 Å². The number of hydrogen-bond acceptors (Lipinski definition) is 6. The summed E-state index contributed by atoms with van der Waals surface area (Å²) in [6.45, 7) is 6.51. The van der Waals surface area contributed by atoms with E-state index in [1.807, 2.05) is 0 Å². The molecule has 0 aliphatic heterocycles. The smallest absolute Gasteiger partial charge is 0.306 e. The first-order valence-electron chi connectivity index (χ1n) is 33.7. The molecule has 0 aromatic rings. The van der Waals surface area contributed by atoms with Gasteiger partial charge in [-0.2, -0.15) is 0 Å². The number of hydrogen-bond donors (Lipinski definition) is 0. The Balaban J connectivity index is 4.33. The van der Waals surface area contributed by atoms with Crippen LogP contribution in [-0.2, 0) is 28.6 Å². The minimum absolute atomic E-state index is 0.0841. The quantitative estimate of drug-likeness (QED) is 0.0261. The molecular weight excluding hydrogens is 973 g/mol. The van der Waals surface area contributed by atoms with Crippen LogP contribution >= 0.6 is 0 Å². The molecule has 6 nitrogen and oxygen atoms in total. The van der Waals surface area contributed by atoms with Crippen molar-refractivity contribution >= 4 is 17.9 Å². The number of esters is 3. The Labute approximate surface area is 489 Å². The Kier molecular flexibility index (Phi) is 63.7. The van der Waals surface area contributed by atoms with Crippen molar-refractivity contribution in [3.63, 3.8) is 0 Å². The van der Waals surface area contributed by atoms with Gasteiger partial charge in [0.05, 0.1) is 0 Å². The summed E-state index contributed by atoms with van der Waals surface area (Å²) in [6.07, 6.45) is 89.9. The molecule has 0 rings (SSSR count).